The monoisotopic (exact) mass is 559 g/mol. The summed E-state index contributed by atoms with van der Waals surface area (Å²) in [5.74, 6) is 2.00. The molecule has 6 heteroatoms. The molecular formula is C34H42ClN3O2. The van der Waals surface area contributed by atoms with Crippen molar-refractivity contribution in [1.82, 2.24) is 14.5 Å². The maximum absolute atomic E-state index is 12.9. The molecule has 6 rings (SSSR count). The first-order valence-corrected chi connectivity index (χ1v) is 15.4. The van der Waals surface area contributed by atoms with Gasteiger partial charge in [0, 0.05) is 12.0 Å². The van der Waals surface area contributed by atoms with E-state index in [1.165, 1.54) is 17.4 Å². The third-order valence-electron chi connectivity index (χ3n) is 10.7. The van der Waals surface area contributed by atoms with E-state index in [0.29, 0.717) is 22.2 Å². The third kappa shape index (κ3) is 4.36. The highest BCUT2D eigenvalue weighted by Gasteiger charge is 2.44. The molecule has 0 bridgehead atoms. The number of halogens is 1. The number of nitrogens with zero attached hydrogens (tertiary/aromatic N) is 3. The average Bonchev–Trinajstić information content (AvgIpc) is 3.15. The predicted molar refractivity (Wildman–Crippen MR) is 163 cm³/mol. The van der Waals surface area contributed by atoms with Crippen LogP contribution in [0.5, 0.6) is 0 Å². The Morgan fingerprint density at radius 2 is 1.75 bits per heavy atom. The molecule has 0 amide bonds. The van der Waals surface area contributed by atoms with Crippen LogP contribution in [0.2, 0.25) is 5.02 Å². The molecule has 0 radical (unpaired) electrons. The van der Waals surface area contributed by atoms with Crippen molar-refractivity contribution < 1.29 is 4.79 Å². The number of hydrogen-bond acceptors (Lipinski definition) is 4. The number of aromatic nitrogens is 2. The van der Waals surface area contributed by atoms with Crippen LogP contribution >= 0.6 is 11.6 Å². The van der Waals surface area contributed by atoms with Crippen molar-refractivity contribution in [2.45, 2.75) is 84.5 Å². The van der Waals surface area contributed by atoms with Crippen LogP contribution in [-0.2, 0) is 10.2 Å². The Bertz CT molecular complexity index is 1520. The third-order valence-corrected chi connectivity index (χ3v) is 11.0. The van der Waals surface area contributed by atoms with Gasteiger partial charge in [-0.25, -0.2) is 0 Å². The van der Waals surface area contributed by atoms with Crippen molar-refractivity contribution in [3.05, 3.63) is 68.7 Å². The molecule has 2 aromatic carbocycles. The lowest BCUT2D eigenvalue weighted by Crippen LogP contribution is -2.43. The molecule has 3 aromatic rings. The Kier molecular flexibility index (Phi) is 6.78. The Hall–Kier alpha value is -2.50. The van der Waals surface area contributed by atoms with E-state index in [2.05, 4.69) is 67.3 Å². The molecule has 3 heterocycles. The topological polar surface area (TPSA) is 55.2 Å². The smallest absolute Gasteiger partial charge is 0.282 e. The molecule has 1 aliphatic carbocycles. The Morgan fingerprint density at radius 1 is 1.05 bits per heavy atom. The van der Waals surface area contributed by atoms with Crippen LogP contribution in [0.25, 0.3) is 16.6 Å². The average molecular weight is 560 g/mol. The van der Waals surface area contributed by atoms with Crippen LogP contribution in [0.4, 0.5) is 0 Å². The number of fused-ring (bicyclic) bond motifs is 5. The molecule has 1 saturated heterocycles. The van der Waals surface area contributed by atoms with E-state index in [0.717, 1.165) is 75.2 Å². The van der Waals surface area contributed by atoms with Gasteiger partial charge in [-0.05, 0) is 112 Å². The lowest BCUT2D eigenvalue weighted by Gasteiger charge is -2.46. The van der Waals surface area contributed by atoms with Crippen LogP contribution < -0.4 is 5.56 Å². The number of rotatable bonds is 4. The van der Waals surface area contributed by atoms with E-state index < -0.39 is 0 Å². The Balaban J connectivity index is 1.18. The van der Waals surface area contributed by atoms with Gasteiger partial charge in [0.2, 0.25) is 0 Å². The second-order valence-electron chi connectivity index (χ2n) is 14.2. The molecular weight excluding hydrogens is 518 g/mol. The van der Waals surface area contributed by atoms with Crippen LogP contribution in [0.3, 0.4) is 0 Å². The number of hydrogen-bond donors (Lipinski definition) is 0. The lowest BCUT2D eigenvalue weighted by atomic mass is 9.58. The van der Waals surface area contributed by atoms with E-state index in [-0.39, 0.29) is 21.8 Å². The van der Waals surface area contributed by atoms with Crippen LogP contribution in [0, 0.1) is 16.7 Å². The van der Waals surface area contributed by atoms with Crippen molar-refractivity contribution >= 4 is 28.8 Å². The molecule has 0 atom stereocenters. The summed E-state index contributed by atoms with van der Waals surface area (Å²) in [6.07, 6.45) is 7.92. The molecule has 0 N–H and O–H groups in total. The molecule has 0 unspecified atom stereocenters. The van der Waals surface area contributed by atoms with Crippen molar-refractivity contribution in [2.75, 3.05) is 19.6 Å². The standard InChI is InChI=1S/C34H42ClN3O2/c1-32(2,3)34(21-39)15-11-22(12-16-34)20-37-17-13-23(14-18-37)24-9-10-25-28(19-24)38-27-8-6-7-26(35)29(27)30(40)36-31(38)33(25,4)5/h6-10,19,21-23H,11-18,20H2,1-5H3. The van der Waals surface area contributed by atoms with E-state index in [9.17, 15) is 9.59 Å². The molecule has 1 aromatic heterocycles. The summed E-state index contributed by atoms with van der Waals surface area (Å²) < 4.78 is 2.16. The van der Waals surface area contributed by atoms with Crippen molar-refractivity contribution in [2.24, 2.45) is 16.7 Å². The first kappa shape index (κ1) is 27.7. The van der Waals surface area contributed by atoms with Gasteiger partial charge >= 0.3 is 0 Å². The van der Waals surface area contributed by atoms with Crippen molar-refractivity contribution in [1.29, 1.82) is 0 Å². The molecule has 212 valence electrons. The number of benzene rings is 2. The molecule has 2 fully saturated rings. The minimum Gasteiger partial charge on any atom is -0.303 e. The van der Waals surface area contributed by atoms with E-state index in [1.807, 2.05) is 12.1 Å². The molecule has 40 heavy (non-hydrogen) atoms. The van der Waals surface area contributed by atoms with E-state index >= 15 is 0 Å². The highest BCUT2D eigenvalue weighted by atomic mass is 35.5. The fourth-order valence-corrected chi connectivity index (χ4v) is 8.01. The lowest BCUT2D eigenvalue weighted by molar-refractivity contribution is -0.125. The highest BCUT2D eigenvalue weighted by Crippen LogP contribution is 2.50. The maximum Gasteiger partial charge on any atom is 0.282 e. The fraction of sp³-hybridized carbons (Fsp3) is 0.559. The van der Waals surface area contributed by atoms with Gasteiger partial charge in [0.15, 0.2) is 0 Å². The summed E-state index contributed by atoms with van der Waals surface area (Å²) in [6, 6.07) is 12.6. The minimum absolute atomic E-state index is 0.0355. The zero-order valence-electron chi connectivity index (χ0n) is 24.6. The Labute approximate surface area is 242 Å². The number of aldehydes is 1. The van der Waals surface area contributed by atoms with Gasteiger partial charge in [-0.1, -0.05) is 50.6 Å². The fourth-order valence-electron chi connectivity index (χ4n) is 7.76. The second-order valence-corrected chi connectivity index (χ2v) is 14.6. The van der Waals surface area contributed by atoms with Crippen LogP contribution in [-0.4, -0.2) is 40.4 Å². The molecule has 1 saturated carbocycles. The second kappa shape index (κ2) is 9.80. The number of piperidine rings is 1. The normalized spacial score (nSPS) is 25.1. The largest absolute Gasteiger partial charge is 0.303 e. The van der Waals surface area contributed by atoms with Crippen molar-refractivity contribution in [3.63, 3.8) is 0 Å². The first-order chi connectivity index (χ1) is 18.9. The zero-order valence-corrected chi connectivity index (χ0v) is 25.4. The molecule has 5 nitrogen and oxygen atoms in total. The highest BCUT2D eigenvalue weighted by molar-refractivity contribution is 6.35. The van der Waals surface area contributed by atoms with Crippen LogP contribution in [0.15, 0.2) is 41.2 Å². The van der Waals surface area contributed by atoms with Gasteiger partial charge in [0.1, 0.15) is 12.1 Å². The van der Waals surface area contributed by atoms with Gasteiger partial charge in [-0.3, -0.25) is 9.36 Å². The zero-order chi connectivity index (χ0) is 28.4. The molecule has 3 aliphatic rings. The van der Waals surface area contributed by atoms with Gasteiger partial charge in [0.05, 0.1) is 27.0 Å². The van der Waals surface area contributed by atoms with Crippen molar-refractivity contribution in [3.8, 4) is 5.69 Å². The summed E-state index contributed by atoms with van der Waals surface area (Å²) in [5.41, 5.74) is 3.79. The summed E-state index contributed by atoms with van der Waals surface area (Å²) in [5, 5.41) is 0.944. The predicted octanol–water partition coefficient (Wildman–Crippen LogP) is 7.28. The van der Waals surface area contributed by atoms with E-state index in [1.54, 1.807) is 6.07 Å². The molecule has 0 spiro atoms. The molecule has 2 aliphatic heterocycles. The summed E-state index contributed by atoms with van der Waals surface area (Å²) in [6.45, 7) is 14.4. The van der Waals surface area contributed by atoms with Gasteiger partial charge in [-0.2, -0.15) is 4.98 Å². The first-order valence-electron chi connectivity index (χ1n) is 15.0. The van der Waals surface area contributed by atoms with Crippen LogP contribution in [0.1, 0.15) is 96.0 Å². The summed E-state index contributed by atoms with van der Waals surface area (Å²) >= 11 is 6.47. The van der Waals surface area contributed by atoms with Gasteiger partial charge < -0.3 is 9.69 Å². The number of likely N-dealkylation sites (tertiary alicyclic amines) is 1. The summed E-state index contributed by atoms with van der Waals surface area (Å²) in [4.78, 5) is 32.2. The minimum atomic E-state index is -0.360. The number of carbonyl (C=O) groups is 1. The Morgan fingerprint density at radius 3 is 2.40 bits per heavy atom. The maximum atomic E-state index is 12.9. The van der Waals surface area contributed by atoms with E-state index in [4.69, 9.17) is 11.6 Å². The van der Waals surface area contributed by atoms with Gasteiger partial charge in [-0.15, -0.1) is 0 Å². The quantitative estimate of drug-likeness (QED) is 0.315. The summed E-state index contributed by atoms with van der Waals surface area (Å²) in [7, 11) is 0. The van der Waals surface area contributed by atoms with Gasteiger partial charge in [0.25, 0.3) is 5.56 Å². The SMILES string of the molecule is CC1(C)c2ccc(C3CCN(CC4CCC(C=O)(C(C)(C)C)CC4)CC3)cc2-n2c1nc(=O)c1c(Cl)cccc12. The number of carbonyl (C=O) groups excluding carboxylic acids is 1.